The molecule has 3 heterocycles. The fraction of sp³-hybridized carbons (Fsp3) is 0.450. The minimum Gasteiger partial charge on any atom is -0.334 e. The molecule has 1 aliphatic heterocycles. The van der Waals surface area contributed by atoms with Crippen LogP contribution in [0, 0.1) is 12.8 Å². The fourth-order valence-corrected chi connectivity index (χ4v) is 3.91. The van der Waals surface area contributed by atoms with E-state index in [1.807, 2.05) is 38.2 Å². The van der Waals surface area contributed by atoms with Crippen molar-refractivity contribution in [3.8, 4) is 0 Å². The van der Waals surface area contributed by atoms with Gasteiger partial charge >= 0.3 is 6.18 Å². The molecule has 1 atom stereocenters. The maximum absolute atomic E-state index is 12.9. The maximum atomic E-state index is 12.9. The number of halogens is 3. The van der Waals surface area contributed by atoms with E-state index < -0.39 is 11.9 Å². The summed E-state index contributed by atoms with van der Waals surface area (Å²) in [5.74, 6) is 1.56. The number of para-hydroxylation sites is 1. The molecule has 4 rings (SSSR count). The molecule has 3 aromatic rings. The van der Waals surface area contributed by atoms with E-state index in [1.165, 1.54) is 0 Å². The molecule has 2 aromatic heterocycles. The first kappa shape index (κ1) is 18.9. The minimum absolute atomic E-state index is 0.273. The highest BCUT2D eigenvalue weighted by atomic mass is 19.4. The molecule has 0 fully saturated rings. The Balaban J connectivity index is 1.42. The molecule has 28 heavy (non-hydrogen) atoms. The second-order valence-corrected chi connectivity index (χ2v) is 7.54. The van der Waals surface area contributed by atoms with Crippen LogP contribution in [0.25, 0.3) is 10.9 Å². The highest BCUT2D eigenvalue weighted by Gasteiger charge is 2.35. The summed E-state index contributed by atoms with van der Waals surface area (Å²) >= 11 is 0. The van der Waals surface area contributed by atoms with Crippen LogP contribution in [-0.4, -0.2) is 38.0 Å². The summed E-state index contributed by atoms with van der Waals surface area (Å²) < 4.78 is 40.3. The van der Waals surface area contributed by atoms with Crippen LogP contribution in [0.4, 0.5) is 13.2 Å². The average Bonchev–Trinajstić information content (AvgIpc) is 3.05. The predicted octanol–water partition coefficient (Wildman–Crippen LogP) is 3.85. The van der Waals surface area contributed by atoms with Gasteiger partial charge in [0.2, 0.25) is 0 Å². The first-order valence-electron chi connectivity index (χ1n) is 9.33. The number of alkyl halides is 3. The van der Waals surface area contributed by atoms with Crippen molar-refractivity contribution in [3.05, 3.63) is 53.5 Å². The molecule has 0 unspecified atom stereocenters. The summed E-state index contributed by atoms with van der Waals surface area (Å²) in [4.78, 5) is 15.1. The van der Waals surface area contributed by atoms with E-state index in [1.54, 1.807) is 4.57 Å². The van der Waals surface area contributed by atoms with Crippen molar-refractivity contribution in [1.82, 2.24) is 24.4 Å². The van der Waals surface area contributed by atoms with Crippen molar-refractivity contribution >= 4 is 10.9 Å². The van der Waals surface area contributed by atoms with Gasteiger partial charge in [-0.3, -0.25) is 4.90 Å². The molecule has 0 radical (unpaired) electrons. The minimum atomic E-state index is -4.39. The summed E-state index contributed by atoms with van der Waals surface area (Å²) in [5, 5.41) is 1.05. The second kappa shape index (κ2) is 7.16. The number of benzene rings is 1. The molecule has 5 nitrogen and oxygen atoms in total. The predicted molar refractivity (Wildman–Crippen MR) is 99.6 cm³/mol. The molecule has 8 heteroatoms. The zero-order valence-electron chi connectivity index (χ0n) is 15.9. The van der Waals surface area contributed by atoms with Gasteiger partial charge in [0.05, 0.1) is 12.1 Å². The lowest BCUT2D eigenvalue weighted by Gasteiger charge is -2.27. The van der Waals surface area contributed by atoms with Gasteiger partial charge in [-0.2, -0.15) is 13.2 Å². The topological polar surface area (TPSA) is 46.8 Å². The lowest BCUT2D eigenvalue weighted by atomic mass is 9.99. The molecule has 0 saturated carbocycles. The SMILES string of the molecule is Cc1nc(CN(C)C[C@@H]2CCc3nc(C(F)(F)F)cn3C2)nc2ccccc12. The molecule has 148 valence electrons. The molecule has 0 aliphatic carbocycles. The lowest BCUT2D eigenvalue weighted by molar-refractivity contribution is -0.141. The van der Waals surface area contributed by atoms with Crippen molar-refractivity contribution in [2.75, 3.05) is 13.6 Å². The summed E-state index contributed by atoms with van der Waals surface area (Å²) in [5.41, 5.74) is 1.09. The van der Waals surface area contributed by atoms with Crippen LogP contribution in [-0.2, 0) is 25.7 Å². The van der Waals surface area contributed by atoms with E-state index in [4.69, 9.17) is 0 Å². The Morgan fingerprint density at radius 2 is 1.96 bits per heavy atom. The van der Waals surface area contributed by atoms with Crippen LogP contribution >= 0.6 is 0 Å². The standard InChI is InChI=1S/C20H22F3N5/c1-13-15-5-3-4-6-16(15)25-18(24-13)12-27(2)9-14-7-8-19-26-17(20(21,22)23)11-28(19)10-14/h3-6,11,14H,7-10,12H2,1-2H3/t14-/m0/s1. The van der Waals surface area contributed by atoms with Gasteiger partial charge in [-0.1, -0.05) is 18.2 Å². The van der Waals surface area contributed by atoms with Crippen molar-refractivity contribution in [2.24, 2.45) is 5.92 Å². The van der Waals surface area contributed by atoms with Crippen LogP contribution in [0.15, 0.2) is 30.5 Å². The zero-order chi connectivity index (χ0) is 19.9. The van der Waals surface area contributed by atoms with Gasteiger partial charge < -0.3 is 4.57 Å². The summed E-state index contributed by atoms with van der Waals surface area (Å²) in [6.45, 7) is 3.91. The second-order valence-electron chi connectivity index (χ2n) is 7.54. The van der Waals surface area contributed by atoms with Crippen molar-refractivity contribution in [3.63, 3.8) is 0 Å². The molecular formula is C20H22F3N5. The third-order valence-corrected chi connectivity index (χ3v) is 5.20. The Hall–Kier alpha value is -2.48. The molecular weight excluding hydrogens is 367 g/mol. The number of hydrogen-bond donors (Lipinski definition) is 0. The molecule has 0 N–H and O–H groups in total. The van der Waals surface area contributed by atoms with Crippen molar-refractivity contribution in [2.45, 2.75) is 39.0 Å². The van der Waals surface area contributed by atoms with Gasteiger partial charge in [-0.25, -0.2) is 15.0 Å². The van der Waals surface area contributed by atoms with Crippen molar-refractivity contribution in [1.29, 1.82) is 0 Å². The van der Waals surface area contributed by atoms with Crippen molar-refractivity contribution < 1.29 is 13.2 Å². The number of imidazole rings is 1. The van der Waals surface area contributed by atoms with Crippen LogP contribution < -0.4 is 0 Å². The average molecular weight is 389 g/mol. The Labute approximate surface area is 161 Å². The van der Waals surface area contributed by atoms with Gasteiger partial charge in [-0.15, -0.1) is 0 Å². The van der Waals surface area contributed by atoms with E-state index in [0.29, 0.717) is 25.3 Å². The monoisotopic (exact) mass is 389 g/mol. The van der Waals surface area contributed by atoms with E-state index in [-0.39, 0.29) is 5.92 Å². The van der Waals surface area contributed by atoms with Gasteiger partial charge in [-0.05, 0) is 32.4 Å². The van der Waals surface area contributed by atoms with E-state index in [0.717, 1.165) is 41.6 Å². The Morgan fingerprint density at radius 3 is 2.75 bits per heavy atom. The van der Waals surface area contributed by atoms with E-state index in [2.05, 4.69) is 19.9 Å². The van der Waals surface area contributed by atoms with E-state index >= 15 is 0 Å². The third-order valence-electron chi connectivity index (χ3n) is 5.20. The maximum Gasteiger partial charge on any atom is 0.434 e. The fourth-order valence-electron chi connectivity index (χ4n) is 3.91. The Kier molecular flexibility index (Phi) is 4.82. The highest BCUT2D eigenvalue weighted by molar-refractivity contribution is 5.80. The smallest absolute Gasteiger partial charge is 0.334 e. The van der Waals surface area contributed by atoms with Crippen LogP contribution in [0.2, 0.25) is 0 Å². The Bertz CT molecular complexity index is 995. The largest absolute Gasteiger partial charge is 0.434 e. The van der Waals surface area contributed by atoms with Crippen LogP contribution in [0.3, 0.4) is 0 Å². The number of nitrogens with zero attached hydrogens (tertiary/aromatic N) is 5. The van der Waals surface area contributed by atoms with Gasteiger partial charge in [0.1, 0.15) is 11.6 Å². The molecule has 0 saturated heterocycles. The number of rotatable bonds is 4. The van der Waals surface area contributed by atoms with E-state index in [9.17, 15) is 13.2 Å². The van der Waals surface area contributed by atoms with Gasteiger partial charge in [0.25, 0.3) is 0 Å². The molecule has 0 bridgehead atoms. The first-order valence-corrected chi connectivity index (χ1v) is 9.33. The summed E-state index contributed by atoms with van der Waals surface area (Å²) in [7, 11) is 2.00. The zero-order valence-corrected chi connectivity index (χ0v) is 15.9. The third kappa shape index (κ3) is 3.87. The van der Waals surface area contributed by atoms with Crippen LogP contribution in [0.1, 0.15) is 29.5 Å². The van der Waals surface area contributed by atoms with Crippen LogP contribution in [0.5, 0.6) is 0 Å². The summed E-state index contributed by atoms with van der Waals surface area (Å²) in [6, 6.07) is 7.93. The van der Waals surface area contributed by atoms with Gasteiger partial charge in [0, 0.05) is 36.8 Å². The number of aryl methyl sites for hydroxylation is 2. The normalized spacial score (nSPS) is 17.3. The van der Waals surface area contributed by atoms with Gasteiger partial charge in [0.15, 0.2) is 5.69 Å². The number of aromatic nitrogens is 4. The molecule has 1 aliphatic rings. The first-order chi connectivity index (χ1) is 13.3. The number of hydrogen-bond acceptors (Lipinski definition) is 4. The lowest BCUT2D eigenvalue weighted by Crippen LogP contribution is -2.31. The Morgan fingerprint density at radius 1 is 1.18 bits per heavy atom. The summed E-state index contributed by atoms with van der Waals surface area (Å²) in [6.07, 6.45) is -1.85. The highest BCUT2D eigenvalue weighted by Crippen LogP contribution is 2.30. The molecule has 0 spiro atoms. The number of fused-ring (bicyclic) bond motifs is 2. The molecule has 0 amide bonds. The molecule has 1 aromatic carbocycles. The quantitative estimate of drug-likeness (QED) is 0.680.